The van der Waals surface area contributed by atoms with E-state index in [2.05, 4.69) is 19.2 Å². The first-order valence-electron chi connectivity index (χ1n) is 5.27. The Kier molecular flexibility index (Phi) is 2.57. The zero-order valence-electron chi connectivity index (χ0n) is 9.37. The molecule has 0 aliphatic carbocycles. The number of hydrogen-bond acceptors (Lipinski definition) is 3. The van der Waals surface area contributed by atoms with Crippen molar-refractivity contribution in [2.75, 3.05) is 7.11 Å². The van der Waals surface area contributed by atoms with Gasteiger partial charge in [0.2, 0.25) is 0 Å². The highest BCUT2D eigenvalue weighted by Gasteiger charge is 2.24. The van der Waals surface area contributed by atoms with Crippen molar-refractivity contribution >= 4 is 0 Å². The molecule has 2 atom stereocenters. The molecule has 0 radical (unpaired) electrons. The molecule has 0 aromatic heterocycles. The summed E-state index contributed by atoms with van der Waals surface area (Å²) in [4.78, 5) is 0. The average molecular weight is 207 g/mol. The van der Waals surface area contributed by atoms with Crippen LogP contribution in [0.3, 0.4) is 0 Å². The van der Waals surface area contributed by atoms with Crippen molar-refractivity contribution in [3.63, 3.8) is 0 Å². The molecule has 1 heterocycles. The van der Waals surface area contributed by atoms with Gasteiger partial charge in [-0.05, 0) is 31.9 Å². The van der Waals surface area contributed by atoms with Gasteiger partial charge in [-0.3, -0.25) is 0 Å². The summed E-state index contributed by atoms with van der Waals surface area (Å²) in [5, 5.41) is 13.3. The monoisotopic (exact) mass is 207 g/mol. The fourth-order valence-electron chi connectivity index (χ4n) is 2.35. The summed E-state index contributed by atoms with van der Waals surface area (Å²) >= 11 is 0. The van der Waals surface area contributed by atoms with Crippen LogP contribution in [0.2, 0.25) is 0 Å². The maximum absolute atomic E-state index is 9.90. The molecule has 0 saturated heterocycles. The molecular formula is C12H17NO2. The number of methoxy groups -OCH3 is 1. The normalized spacial score (nSPS) is 24.7. The molecule has 1 aromatic rings. The van der Waals surface area contributed by atoms with Gasteiger partial charge in [0.25, 0.3) is 0 Å². The number of rotatable bonds is 1. The lowest BCUT2D eigenvalue weighted by molar-refractivity contribution is 0.388. The Balaban J connectivity index is 2.50. The number of phenols is 1. The summed E-state index contributed by atoms with van der Waals surface area (Å²) in [5.74, 6) is 1.06. The van der Waals surface area contributed by atoms with E-state index in [1.54, 1.807) is 13.2 Å². The highest BCUT2D eigenvalue weighted by atomic mass is 16.5. The molecule has 0 unspecified atom stereocenters. The van der Waals surface area contributed by atoms with Crippen molar-refractivity contribution in [1.29, 1.82) is 0 Å². The van der Waals surface area contributed by atoms with Crippen molar-refractivity contribution in [2.24, 2.45) is 0 Å². The Bertz CT molecular complexity index is 376. The quantitative estimate of drug-likeness (QED) is 0.740. The van der Waals surface area contributed by atoms with E-state index in [1.807, 2.05) is 6.07 Å². The molecule has 0 spiro atoms. The van der Waals surface area contributed by atoms with Gasteiger partial charge in [-0.15, -0.1) is 0 Å². The van der Waals surface area contributed by atoms with E-state index in [0.29, 0.717) is 11.8 Å². The van der Waals surface area contributed by atoms with Crippen LogP contribution in [-0.2, 0) is 6.42 Å². The van der Waals surface area contributed by atoms with E-state index in [0.717, 1.165) is 17.7 Å². The molecule has 1 aliphatic heterocycles. The number of ether oxygens (including phenoxy) is 1. The van der Waals surface area contributed by atoms with E-state index in [4.69, 9.17) is 4.74 Å². The minimum atomic E-state index is 0.203. The second kappa shape index (κ2) is 3.74. The Hall–Kier alpha value is -1.22. The number of aromatic hydroxyl groups is 1. The molecule has 15 heavy (non-hydrogen) atoms. The first kappa shape index (κ1) is 10.3. The van der Waals surface area contributed by atoms with Gasteiger partial charge in [-0.1, -0.05) is 0 Å². The lowest BCUT2D eigenvalue weighted by Crippen LogP contribution is -2.35. The summed E-state index contributed by atoms with van der Waals surface area (Å²) in [6.07, 6.45) is 0.935. The first-order chi connectivity index (χ1) is 7.11. The van der Waals surface area contributed by atoms with Crippen molar-refractivity contribution in [1.82, 2.24) is 5.32 Å². The third kappa shape index (κ3) is 1.79. The SMILES string of the molecule is COc1cc(O)c2c(c1)C[C@H](C)N[C@@H]2C. The molecule has 82 valence electrons. The second-order valence-electron chi connectivity index (χ2n) is 4.21. The zero-order chi connectivity index (χ0) is 11.0. The minimum absolute atomic E-state index is 0.203. The van der Waals surface area contributed by atoms with Crippen LogP contribution in [0, 0.1) is 0 Å². The average Bonchev–Trinajstić information content (AvgIpc) is 2.15. The van der Waals surface area contributed by atoms with Crippen LogP contribution in [-0.4, -0.2) is 18.3 Å². The van der Waals surface area contributed by atoms with Gasteiger partial charge in [0, 0.05) is 23.7 Å². The van der Waals surface area contributed by atoms with Crippen LogP contribution in [0.15, 0.2) is 12.1 Å². The van der Waals surface area contributed by atoms with Crippen LogP contribution in [0.5, 0.6) is 11.5 Å². The fourth-order valence-corrected chi connectivity index (χ4v) is 2.35. The zero-order valence-corrected chi connectivity index (χ0v) is 9.37. The Morgan fingerprint density at radius 2 is 2.13 bits per heavy atom. The van der Waals surface area contributed by atoms with E-state index >= 15 is 0 Å². The highest BCUT2D eigenvalue weighted by molar-refractivity contribution is 5.48. The summed E-state index contributed by atoms with van der Waals surface area (Å²) < 4.78 is 5.15. The van der Waals surface area contributed by atoms with Crippen LogP contribution in [0.25, 0.3) is 0 Å². The summed E-state index contributed by atoms with van der Waals surface area (Å²) in [6, 6.07) is 4.34. The number of benzene rings is 1. The lowest BCUT2D eigenvalue weighted by atomic mass is 9.90. The summed E-state index contributed by atoms with van der Waals surface area (Å²) in [7, 11) is 1.62. The van der Waals surface area contributed by atoms with Gasteiger partial charge >= 0.3 is 0 Å². The topological polar surface area (TPSA) is 41.5 Å². The highest BCUT2D eigenvalue weighted by Crippen LogP contribution is 2.35. The van der Waals surface area contributed by atoms with E-state index in [-0.39, 0.29) is 6.04 Å². The van der Waals surface area contributed by atoms with Crippen LogP contribution >= 0.6 is 0 Å². The molecule has 0 amide bonds. The van der Waals surface area contributed by atoms with Crippen LogP contribution in [0.4, 0.5) is 0 Å². The van der Waals surface area contributed by atoms with E-state index in [1.165, 1.54) is 5.56 Å². The number of nitrogens with one attached hydrogen (secondary N) is 1. The molecule has 3 nitrogen and oxygen atoms in total. The minimum Gasteiger partial charge on any atom is -0.507 e. The molecular weight excluding hydrogens is 190 g/mol. The number of phenolic OH excluding ortho intramolecular Hbond substituents is 1. The van der Waals surface area contributed by atoms with Gasteiger partial charge < -0.3 is 15.2 Å². The molecule has 1 aliphatic rings. The summed E-state index contributed by atoms with van der Waals surface area (Å²) in [6.45, 7) is 4.22. The first-order valence-corrected chi connectivity index (χ1v) is 5.27. The van der Waals surface area contributed by atoms with Gasteiger partial charge in [-0.2, -0.15) is 0 Å². The standard InChI is InChI=1S/C12H17NO2/c1-7-4-9-5-10(15-3)6-11(14)12(9)8(2)13-7/h5-8,13-14H,4H2,1-3H3/t7-,8+/m0/s1. The van der Waals surface area contributed by atoms with Crippen molar-refractivity contribution in [2.45, 2.75) is 32.4 Å². The van der Waals surface area contributed by atoms with Gasteiger partial charge in [0.15, 0.2) is 0 Å². The lowest BCUT2D eigenvalue weighted by Gasteiger charge is -2.30. The van der Waals surface area contributed by atoms with Crippen molar-refractivity contribution in [3.8, 4) is 11.5 Å². The molecule has 0 bridgehead atoms. The molecule has 3 heteroatoms. The Morgan fingerprint density at radius 1 is 1.40 bits per heavy atom. The fraction of sp³-hybridized carbons (Fsp3) is 0.500. The number of hydrogen-bond donors (Lipinski definition) is 2. The van der Waals surface area contributed by atoms with Crippen molar-refractivity contribution in [3.05, 3.63) is 23.3 Å². The number of fused-ring (bicyclic) bond motifs is 1. The Labute approximate surface area is 90.1 Å². The molecule has 0 fully saturated rings. The van der Waals surface area contributed by atoms with Gasteiger partial charge in [0.05, 0.1) is 7.11 Å². The molecule has 2 rings (SSSR count). The predicted molar refractivity (Wildman–Crippen MR) is 59.4 cm³/mol. The third-order valence-corrected chi connectivity index (χ3v) is 2.95. The predicted octanol–water partition coefficient (Wildman–Crippen LogP) is 2.00. The second-order valence-corrected chi connectivity index (χ2v) is 4.21. The molecule has 1 aromatic carbocycles. The van der Waals surface area contributed by atoms with Crippen LogP contribution in [0.1, 0.15) is 31.0 Å². The van der Waals surface area contributed by atoms with Gasteiger partial charge in [0.1, 0.15) is 11.5 Å². The third-order valence-electron chi connectivity index (χ3n) is 2.95. The van der Waals surface area contributed by atoms with E-state index in [9.17, 15) is 5.11 Å². The summed E-state index contributed by atoms with van der Waals surface area (Å²) in [5.41, 5.74) is 2.19. The van der Waals surface area contributed by atoms with Gasteiger partial charge in [-0.25, -0.2) is 0 Å². The molecule has 0 saturated carbocycles. The smallest absolute Gasteiger partial charge is 0.124 e. The van der Waals surface area contributed by atoms with Crippen molar-refractivity contribution < 1.29 is 9.84 Å². The maximum atomic E-state index is 9.90. The molecule has 2 N–H and O–H groups in total. The Morgan fingerprint density at radius 3 is 2.80 bits per heavy atom. The van der Waals surface area contributed by atoms with Crippen LogP contribution < -0.4 is 10.1 Å². The van der Waals surface area contributed by atoms with E-state index < -0.39 is 0 Å². The maximum Gasteiger partial charge on any atom is 0.124 e. The largest absolute Gasteiger partial charge is 0.507 e.